The van der Waals surface area contributed by atoms with Gasteiger partial charge in [0.15, 0.2) is 10.8 Å². The Morgan fingerprint density at radius 2 is 2.04 bits per heavy atom. The van der Waals surface area contributed by atoms with Crippen molar-refractivity contribution in [3.05, 3.63) is 40.9 Å². The van der Waals surface area contributed by atoms with Crippen LogP contribution < -0.4 is 5.32 Å². The summed E-state index contributed by atoms with van der Waals surface area (Å²) in [5.41, 5.74) is 0.423. The Labute approximate surface area is 139 Å². The smallest absolute Gasteiger partial charge is 0.357 e. The van der Waals surface area contributed by atoms with Gasteiger partial charge in [0, 0.05) is 15.8 Å². The van der Waals surface area contributed by atoms with Gasteiger partial charge in [-0.1, -0.05) is 11.8 Å². The van der Waals surface area contributed by atoms with E-state index >= 15 is 0 Å². The molecule has 1 N–H and O–H groups in total. The maximum absolute atomic E-state index is 12.2. The second kappa shape index (κ2) is 8.02. The number of hydrogen-bond donors (Lipinski definition) is 1. The van der Waals surface area contributed by atoms with Crippen LogP contribution in [0.3, 0.4) is 0 Å². The Balaban J connectivity index is 2.00. The van der Waals surface area contributed by atoms with Crippen LogP contribution in [-0.2, 0) is 4.74 Å². The quantitative estimate of drug-likeness (QED) is 0.627. The Hall–Kier alpha value is -2.00. The first-order valence-corrected chi connectivity index (χ1v) is 8.24. The highest BCUT2D eigenvalue weighted by atomic mass is 32.2. The van der Waals surface area contributed by atoms with Crippen LogP contribution in [0.4, 0.5) is 13.9 Å². The number of carbonyl (C=O) groups is 2. The minimum Gasteiger partial charge on any atom is -0.461 e. The number of thioether (sulfide) groups is 1. The lowest BCUT2D eigenvalue weighted by molar-refractivity contribution is 0.0520. The number of benzene rings is 1. The Bertz CT molecular complexity index is 690. The van der Waals surface area contributed by atoms with Gasteiger partial charge in [0.2, 0.25) is 0 Å². The van der Waals surface area contributed by atoms with Crippen LogP contribution in [0.5, 0.6) is 0 Å². The third kappa shape index (κ3) is 5.00. The van der Waals surface area contributed by atoms with Crippen molar-refractivity contribution < 1.29 is 23.1 Å². The first-order chi connectivity index (χ1) is 11.0. The molecule has 2 rings (SSSR count). The fraction of sp³-hybridized carbons (Fsp3) is 0.214. The predicted octanol–water partition coefficient (Wildman–Crippen LogP) is 3.89. The molecular formula is C14H12F2N2O3S2. The molecule has 0 fully saturated rings. The van der Waals surface area contributed by atoms with E-state index < -0.39 is 17.6 Å². The maximum atomic E-state index is 12.2. The molecule has 0 aliphatic rings. The molecule has 0 bridgehead atoms. The monoisotopic (exact) mass is 358 g/mol. The molecule has 0 atom stereocenters. The summed E-state index contributed by atoms with van der Waals surface area (Å²) in [5, 5.41) is 4.28. The molecule has 0 unspecified atom stereocenters. The number of nitrogens with one attached hydrogen (secondary N) is 1. The lowest BCUT2D eigenvalue weighted by atomic mass is 10.2. The van der Waals surface area contributed by atoms with Crippen molar-refractivity contribution >= 4 is 40.1 Å². The van der Waals surface area contributed by atoms with E-state index in [2.05, 4.69) is 10.3 Å². The highest BCUT2D eigenvalue weighted by Gasteiger charge is 2.14. The van der Waals surface area contributed by atoms with Gasteiger partial charge in [-0.25, -0.2) is 9.78 Å². The van der Waals surface area contributed by atoms with Gasteiger partial charge < -0.3 is 4.74 Å². The van der Waals surface area contributed by atoms with Gasteiger partial charge in [-0.15, -0.1) is 11.3 Å². The third-order valence-electron chi connectivity index (χ3n) is 2.55. The van der Waals surface area contributed by atoms with Gasteiger partial charge in [0.25, 0.3) is 11.7 Å². The van der Waals surface area contributed by atoms with E-state index in [-0.39, 0.29) is 17.4 Å². The summed E-state index contributed by atoms with van der Waals surface area (Å²) in [5.74, 6) is -3.51. The molecule has 0 saturated heterocycles. The van der Waals surface area contributed by atoms with Gasteiger partial charge in [-0.2, -0.15) is 8.78 Å². The fourth-order valence-electron chi connectivity index (χ4n) is 1.59. The highest BCUT2D eigenvalue weighted by Crippen LogP contribution is 2.25. The number of halogens is 2. The topological polar surface area (TPSA) is 68.3 Å². The number of esters is 1. The van der Waals surface area contributed by atoms with E-state index in [1.165, 1.54) is 29.6 Å². The van der Waals surface area contributed by atoms with E-state index in [0.29, 0.717) is 22.2 Å². The van der Waals surface area contributed by atoms with Crippen LogP contribution >= 0.6 is 23.1 Å². The van der Waals surface area contributed by atoms with Gasteiger partial charge in [-0.3, -0.25) is 10.1 Å². The van der Waals surface area contributed by atoms with Crippen molar-refractivity contribution in [2.24, 2.45) is 0 Å². The molecule has 23 heavy (non-hydrogen) atoms. The zero-order valence-electron chi connectivity index (χ0n) is 11.9. The van der Waals surface area contributed by atoms with E-state index in [4.69, 9.17) is 4.74 Å². The van der Waals surface area contributed by atoms with Crippen molar-refractivity contribution in [1.82, 2.24) is 4.98 Å². The third-order valence-corrected chi connectivity index (χ3v) is 4.03. The molecule has 9 heteroatoms. The van der Waals surface area contributed by atoms with E-state index in [9.17, 15) is 18.4 Å². The first kappa shape index (κ1) is 17.4. The fourth-order valence-corrected chi connectivity index (χ4v) is 2.76. The number of carbonyl (C=O) groups excluding carboxylic acids is 2. The van der Waals surface area contributed by atoms with Crippen LogP contribution in [0.1, 0.15) is 27.8 Å². The number of thiazole rings is 1. The number of anilines is 1. The summed E-state index contributed by atoms with van der Waals surface area (Å²) in [4.78, 5) is 27.9. The van der Waals surface area contributed by atoms with Crippen LogP contribution in [0.15, 0.2) is 34.5 Å². The number of nitrogens with zero attached hydrogens (tertiary/aromatic N) is 1. The number of alkyl halides is 2. The van der Waals surface area contributed by atoms with Crippen molar-refractivity contribution in [2.45, 2.75) is 17.6 Å². The summed E-state index contributed by atoms with van der Waals surface area (Å²) in [6.45, 7) is 1.92. The number of ether oxygens (including phenoxy) is 1. The van der Waals surface area contributed by atoms with Gasteiger partial charge in [0.1, 0.15) is 0 Å². The van der Waals surface area contributed by atoms with Crippen molar-refractivity contribution in [1.29, 1.82) is 0 Å². The summed E-state index contributed by atoms with van der Waals surface area (Å²) >= 11 is 1.50. The lowest BCUT2D eigenvalue weighted by Gasteiger charge is -2.03. The summed E-state index contributed by atoms with van der Waals surface area (Å²) in [6, 6.07) is 5.77. The molecular weight excluding hydrogens is 346 g/mol. The molecule has 122 valence electrons. The Morgan fingerprint density at radius 1 is 1.35 bits per heavy atom. The van der Waals surface area contributed by atoms with Crippen molar-refractivity contribution in [3.8, 4) is 0 Å². The summed E-state index contributed by atoms with van der Waals surface area (Å²) in [6.07, 6.45) is 0. The zero-order chi connectivity index (χ0) is 16.8. The average molecular weight is 358 g/mol. The van der Waals surface area contributed by atoms with E-state index in [1.54, 1.807) is 6.92 Å². The standard InChI is InChI=1S/C14H12F2N2O3S2/c1-2-21-12(20)10-7-22-14(17-10)18-11(19)8-3-5-9(6-4-8)23-13(15)16/h3-7,13H,2H2,1H3,(H,17,18,19). The van der Waals surface area contributed by atoms with Crippen molar-refractivity contribution in [3.63, 3.8) is 0 Å². The highest BCUT2D eigenvalue weighted by molar-refractivity contribution is 7.99. The van der Waals surface area contributed by atoms with Crippen LogP contribution in [0, 0.1) is 0 Å². The average Bonchev–Trinajstić information content (AvgIpc) is 2.96. The van der Waals surface area contributed by atoms with Gasteiger partial charge in [-0.05, 0) is 31.2 Å². The normalized spacial score (nSPS) is 10.6. The molecule has 1 aromatic heterocycles. The maximum Gasteiger partial charge on any atom is 0.357 e. The molecule has 1 heterocycles. The first-order valence-electron chi connectivity index (χ1n) is 6.48. The molecule has 0 aliphatic heterocycles. The van der Waals surface area contributed by atoms with Crippen LogP contribution in [-0.4, -0.2) is 29.2 Å². The molecule has 0 aliphatic carbocycles. The predicted molar refractivity (Wildman–Crippen MR) is 84.3 cm³/mol. The van der Waals surface area contributed by atoms with Crippen molar-refractivity contribution in [2.75, 3.05) is 11.9 Å². The Morgan fingerprint density at radius 3 is 2.65 bits per heavy atom. The minimum absolute atomic E-state index is 0.121. The van der Waals surface area contributed by atoms with E-state index in [0.717, 1.165) is 11.3 Å². The minimum atomic E-state index is -2.51. The molecule has 0 spiro atoms. The van der Waals surface area contributed by atoms with Gasteiger partial charge >= 0.3 is 5.97 Å². The zero-order valence-corrected chi connectivity index (χ0v) is 13.5. The number of rotatable bonds is 6. The summed E-state index contributed by atoms with van der Waals surface area (Å²) in [7, 11) is 0. The van der Waals surface area contributed by atoms with E-state index in [1.807, 2.05) is 0 Å². The second-order valence-electron chi connectivity index (χ2n) is 4.12. The molecule has 5 nitrogen and oxygen atoms in total. The Kier molecular flexibility index (Phi) is 6.05. The largest absolute Gasteiger partial charge is 0.461 e. The molecule has 2 aromatic rings. The van der Waals surface area contributed by atoms with Crippen LogP contribution in [0.2, 0.25) is 0 Å². The van der Waals surface area contributed by atoms with Gasteiger partial charge in [0.05, 0.1) is 6.61 Å². The number of aromatic nitrogens is 1. The number of hydrogen-bond acceptors (Lipinski definition) is 6. The molecule has 1 aromatic carbocycles. The second-order valence-corrected chi connectivity index (χ2v) is 6.04. The molecule has 1 amide bonds. The molecule has 0 saturated carbocycles. The molecule has 0 radical (unpaired) electrons. The lowest BCUT2D eigenvalue weighted by Crippen LogP contribution is -2.12. The summed E-state index contributed by atoms with van der Waals surface area (Å²) < 4.78 is 29.3. The number of amides is 1. The van der Waals surface area contributed by atoms with Crippen LogP contribution in [0.25, 0.3) is 0 Å². The SMILES string of the molecule is CCOC(=O)c1csc(NC(=O)c2ccc(SC(F)F)cc2)n1.